The number of sulfonamides is 1. The Morgan fingerprint density at radius 2 is 1.61 bits per heavy atom. The van der Waals surface area contributed by atoms with Crippen LogP contribution in [0.1, 0.15) is 28.3 Å². The summed E-state index contributed by atoms with van der Waals surface area (Å²) in [7, 11) is -3.64. The lowest BCUT2D eigenvalue weighted by atomic mass is 10.1. The molecule has 1 aliphatic heterocycles. The van der Waals surface area contributed by atoms with Crippen LogP contribution in [0.2, 0.25) is 0 Å². The summed E-state index contributed by atoms with van der Waals surface area (Å²) >= 11 is 0. The molecule has 154 valence electrons. The van der Waals surface area contributed by atoms with Crippen molar-refractivity contribution in [1.29, 1.82) is 0 Å². The van der Waals surface area contributed by atoms with Gasteiger partial charge in [0.1, 0.15) is 0 Å². The average Bonchev–Trinajstić information content (AvgIpc) is 2.61. The molecule has 1 atom stereocenters. The first-order valence-corrected chi connectivity index (χ1v) is 10.8. The highest BCUT2D eigenvalue weighted by Gasteiger charge is 2.26. The first-order valence-electron chi connectivity index (χ1n) is 9.32. The molecule has 0 spiro atoms. The second kappa shape index (κ2) is 9.85. The third-order valence-electron chi connectivity index (χ3n) is 4.92. The normalized spacial score (nSPS) is 16.4. The fraction of sp³-hybridized carbons (Fsp3) is 0.429. The monoisotopic (exact) mass is 424 g/mol. The van der Waals surface area contributed by atoms with Crippen molar-refractivity contribution in [3.63, 3.8) is 0 Å². The van der Waals surface area contributed by atoms with Crippen molar-refractivity contribution >= 4 is 22.4 Å². The molecule has 0 saturated carbocycles. The molecule has 7 heteroatoms. The van der Waals surface area contributed by atoms with Gasteiger partial charge in [0.25, 0.3) is 0 Å². The zero-order chi connectivity index (χ0) is 19.4. The van der Waals surface area contributed by atoms with Crippen molar-refractivity contribution in [3.05, 3.63) is 64.7 Å². The Hall–Kier alpha value is -1.44. The number of nitrogens with one attached hydrogen (secondary N) is 1. The van der Waals surface area contributed by atoms with Gasteiger partial charge in [-0.15, -0.1) is 12.4 Å². The highest BCUT2D eigenvalue weighted by molar-refractivity contribution is 7.89. The minimum Gasteiger partial charge on any atom is -0.379 e. The first-order chi connectivity index (χ1) is 12.9. The Balaban J connectivity index is 0.00000280. The molecule has 1 N–H and O–H groups in total. The second-order valence-electron chi connectivity index (χ2n) is 7.23. The van der Waals surface area contributed by atoms with Gasteiger partial charge in [-0.25, -0.2) is 13.1 Å². The molecule has 0 radical (unpaired) electrons. The fourth-order valence-electron chi connectivity index (χ4n) is 3.77. The standard InChI is InChI=1S/C21H28N2O3S.ClH/c1-16-13-17(2)21(18(3)14-16)27(24,25)22-20(19-7-5-4-6-8-19)15-23-9-11-26-12-10-23;/h4-8,13-14,20,22H,9-12,15H2,1-3H3;1H. The smallest absolute Gasteiger partial charge is 0.241 e. The number of halogens is 1. The van der Waals surface area contributed by atoms with Crippen LogP contribution in [-0.2, 0) is 14.8 Å². The van der Waals surface area contributed by atoms with E-state index in [0.29, 0.717) is 24.7 Å². The van der Waals surface area contributed by atoms with Crippen molar-refractivity contribution < 1.29 is 13.2 Å². The summed E-state index contributed by atoms with van der Waals surface area (Å²) in [5, 5.41) is 0. The van der Waals surface area contributed by atoms with E-state index in [-0.39, 0.29) is 18.4 Å². The minimum atomic E-state index is -3.64. The fourth-order valence-corrected chi connectivity index (χ4v) is 5.44. The van der Waals surface area contributed by atoms with Crippen LogP contribution in [-0.4, -0.2) is 46.2 Å². The maximum atomic E-state index is 13.3. The van der Waals surface area contributed by atoms with Gasteiger partial charge in [-0.3, -0.25) is 4.90 Å². The van der Waals surface area contributed by atoms with Gasteiger partial charge in [0.15, 0.2) is 0 Å². The maximum absolute atomic E-state index is 13.3. The van der Waals surface area contributed by atoms with Crippen molar-refractivity contribution in [3.8, 4) is 0 Å². The Bertz CT molecular complexity index is 859. The number of hydrogen-bond acceptors (Lipinski definition) is 4. The summed E-state index contributed by atoms with van der Waals surface area (Å²) in [6.45, 7) is 9.31. The van der Waals surface area contributed by atoms with E-state index in [1.165, 1.54) is 0 Å². The molecule has 1 unspecified atom stereocenters. The summed E-state index contributed by atoms with van der Waals surface area (Å²) in [5.74, 6) is 0. The number of rotatable bonds is 6. The molecule has 1 saturated heterocycles. The van der Waals surface area contributed by atoms with Crippen molar-refractivity contribution in [2.75, 3.05) is 32.8 Å². The number of aryl methyl sites for hydroxylation is 3. The third kappa shape index (κ3) is 5.55. The van der Waals surface area contributed by atoms with Crippen LogP contribution < -0.4 is 4.72 Å². The molecule has 0 amide bonds. The van der Waals surface area contributed by atoms with E-state index in [4.69, 9.17) is 4.74 Å². The van der Waals surface area contributed by atoms with E-state index in [1.807, 2.05) is 63.2 Å². The molecule has 2 aromatic carbocycles. The minimum absolute atomic E-state index is 0. The topological polar surface area (TPSA) is 58.6 Å². The molecular weight excluding hydrogens is 396 g/mol. The van der Waals surface area contributed by atoms with Crippen molar-refractivity contribution in [2.24, 2.45) is 0 Å². The number of benzene rings is 2. The van der Waals surface area contributed by atoms with Crippen LogP contribution in [0.4, 0.5) is 0 Å². The van der Waals surface area contributed by atoms with E-state index < -0.39 is 10.0 Å². The zero-order valence-electron chi connectivity index (χ0n) is 16.6. The molecule has 1 aliphatic rings. The quantitative estimate of drug-likeness (QED) is 0.772. The molecule has 0 aromatic heterocycles. The molecule has 5 nitrogen and oxygen atoms in total. The lowest BCUT2D eigenvalue weighted by Crippen LogP contribution is -2.43. The van der Waals surface area contributed by atoms with E-state index in [0.717, 1.165) is 35.3 Å². The Morgan fingerprint density at radius 1 is 1.04 bits per heavy atom. The molecular formula is C21H29ClN2O3S. The molecule has 1 heterocycles. The van der Waals surface area contributed by atoms with Crippen LogP contribution in [0.25, 0.3) is 0 Å². The van der Waals surface area contributed by atoms with E-state index >= 15 is 0 Å². The second-order valence-corrected chi connectivity index (χ2v) is 8.88. The third-order valence-corrected chi connectivity index (χ3v) is 6.69. The Kier molecular flexibility index (Phi) is 8.04. The van der Waals surface area contributed by atoms with Crippen LogP contribution in [0.3, 0.4) is 0 Å². The summed E-state index contributed by atoms with van der Waals surface area (Å²) in [5.41, 5.74) is 3.59. The highest BCUT2D eigenvalue weighted by Crippen LogP contribution is 2.25. The molecule has 28 heavy (non-hydrogen) atoms. The van der Waals surface area contributed by atoms with Gasteiger partial charge in [0.05, 0.1) is 24.2 Å². The predicted molar refractivity (Wildman–Crippen MR) is 115 cm³/mol. The lowest BCUT2D eigenvalue weighted by molar-refractivity contribution is 0.0345. The van der Waals surface area contributed by atoms with Gasteiger partial charge in [-0.2, -0.15) is 0 Å². The molecule has 0 aliphatic carbocycles. The highest BCUT2D eigenvalue weighted by atomic mass is 35.5. The van der Waals surface area contributed by atoms with Gasteiger partial charge < -0.3 is 4.74 Å². The van der Waals surface area contributed by atoms with Crippen LogP contribution in [0.15, 0.2) is 47.4 Å². The zero-order valence-corrected chi connectivity index (χ0v) is 18.3. The maximum Gasteiger partial charge on any atom is 0.241 e. The van der Waals surface area contributed by atoms with Gasteiger partial charge in [-0.05, 0) is 37.5 Å². The van der Waals surface area contributed by atoms with Gasteiger partial charge in [-0.1, -0.05) is 48.0 Å². The molecule has 3 rings (SSSR count). The lowest BCUT2D eigenvalue weighted by Gasteiger charge is -2.31. The Labute approximate surface area is 174 Å². The summed E-state index contributed by atoms with van der Waals surface area (Å²) < 4.78 is 34.9. The van der Waals surface area contributed by atoms with E-state index in [2.05, 4.69) is 9.62 Å². The van der Waals surface area contributed by atoms with Gasteiger partial charge >= 0.3 is 0 Å². The summed E-state index contributed by atoms with van der Waals surface area (Å²) in [6.07, 6.45) is 0. The predicted octanol–water partition coefficient (Wildman–Crippen LogP) is 3.39. The number of hydrogen-bond donors (Lipinski definition) is 1. The van der Waals surface area contributed by atoms with E-state index in [1.54, 1.807) is 0 Å². The van der Waals surface area contributed by atoms with Gasteiger partial charge in [0.2, 0.25) is 10.0 Å². The summed E-state index contributed by atoms with van der Waals surface area (Å²) in [4.78, 5) is 2.63. The van der Waals surface area contributed by atoms with Crippen LogP contribution in [0.5, 0.6) is 0 Å². The first kappa shape index (κ1) is 22.8. The average molecular weight is 425 g/mol. The molecule has 1 fully saturated rings. The molecule has 2 aromatic rings. The Morgan fingerprint density at radius 3 is 2.18 bits per heavy atom. The van der Waals surface area contributed by atoms with Crippen molar-refractivity contribution in [2.45, 2.75) is 31.7 Å². The number of ether oxygens (including phenoxy) is 1. The van der Waals surface area contributed by atoms with Gasteiger partial charge in [0, 0.05) is 19.6 Å². The number of nitrogens with zero attached hydrogens (tertiary/aromatic N) is 1. The van der Waals surface area contributed by atoms with Crippen LogP contribution in [0, 0.1) is 20.8 Å². The largest absolute Gasteiger partial charge is 0.379 e. The molecule has 0 bridgehead atoms. The number of morpholine rings is 1. The van der Waals surface area contributed by atoms with E-state index in [9.17, 15) is 8.42 Å². The summed E-state index contributed by atoms with van der Waals surface area (Å²) in [6, 6.07) is 13.3. The van der Waals surface area contributed by atoms with Crippen LogP contribution >= 0.6 is 12.4 Å². The SMILES string of the molecule is Cc1cc(C)c(S(=O)(=O)NC(CN2CCOCC2)c2ccccc2)c(C)c1.Cl. The van der Waals surface area contributed by atoms with Crippen molar-refractivity contribution in [1.82, 2.24) is 9.62 Å².